The average molecular weight is 338 g/mol. The fraction of sp³-hybridized carbons (Fsp3) is 0.353. The molecule has 1 fully saturated rings. The van der Waals surface area contributed by atoms with Crippen molar-refractivity contribution in [3.05, 3.63) is 48.0 Å². The van der Waals surface area contributed by atoms with E-state index in [1.54, 1.807) is 0 Å². The topological polar surface area (TPSA) is 39.1 Å². The van der Waals surface area contributed by atoms with E-state index in [0.29, 0.717) is 6.42 Å². The molecule has 118 valence electrons. The van der Waals surface area contributed by atoms with Crippen LogP contribution in [0.1, 0.15) is 18.0 Å². The first-order chi connectivity index (χ1) is 9.90. The minimum atomic E-state index is 0. The Morgan fingerprint density at radius 2 is 1.73 bits per heavy atom. The van der Waals surface area contributed by atoms with E-state index in [0.717, 1.165) is 26.2 Å². The molecule has 0 aromatic heterocycles. The van der Waals surface area contributed by atoms with Crippen LogP contribution in [-0.4, -0.2) is 31.1 Å². The molecule has 0 amide bonds. The van der Waals surface area contributed by atoms with Crippen molar-refractivity contribution >= 4 is 35.6 Å². The summed E-state index contributed by atoms with van der Waals surface area (Å²) in [6, 6.07) is 17.4. The molecule has 1 N–H and O–H groups in total. The maximum atomic E-state index is 9.21. The van der Waals surface area contributed by atoms with Crippen LogP contribution in [0.25, 0.3) is 10.8 Å². The Morgan fingerprint density at radius 3 is 2.45 bits per heavy atom. The number of hydrogen-bond donors (Lipinski definition) is 1. The highest BCUT2D eigenvalue weighted by Gasteiger charge is 2.23. The van der Waals surface area contributed by atoms with Gasteiger partial charge in [0.1, 0.15) is 0 Å². The summed E-state index contributed by atoms with van der Waals surface area (Å²) in [6.07, 6.45) is 0.550. The fourth-order valence-electron chi connectivity index (χ4n) is 3.06. The molecule has 1 aliphatic heterocycles. The second-order valence-corrected chi connectivity index (χ2v) is 5.23. The molecule has 22 heavy (non-hydrogen) atoms. The second kappa shape index (κ2) is 8.97. The van der Waals surface area contributed by atoms with Gasteiger partial charge in [0.15, 0.2) is 0 Å². The molecule has 2 aromatic rings. The quantitative estimate of drug-likeness (QED) is 0.930. The Labute approximate surface area is 144 Å². The lowest BCUT2D eigenvalue weighted by atomic mass is 9.95. The number of hydrogen-bond acceptors (Lipinski definition) is 3. The lowest BCUT2D eigenvalue weighted by Crippen LogP contribution is -2.45. The summed E-state index contributed by atoms with van der Waals surface area (Å²) in [4.78, 5) is 2.43. The molecule has 5 heteroatoms. The summed E-state index contributed by atoms with van der Waals surface area (Å²) in [5.41, 5.74) is 1.28. The van der Waals surface area contributed by atoms with E-state index in [1.807, 2.05) is 0 Å². The molecule has 0 bridgehead atoms. The maximum Gasteiger partial charge on any atom is 0.0641 e. The first-order valence-corrected chi connectivity index (χ1v) is 7.19. The largest absolute Gasteiger partial charge is 0.314 e. The van der Waals surface area contributed by atoms with Crippen LogP contribution >= 0.6 is 24.8 Å². The van der Waals surface area contributed by atoms with Crippen LogP contribution in [0.5, 0.6) is 0 Å². The van der Waals surface area contributed by atoms with Crippen LogP contribution in [0.15, 0.2) is 42.5 Å². The van der Waals surface area contributed by atoms with Crippen LogP contribution in [0.2, 0.25) is 0 Å². The summed E-state index contributed by atoms with van der Waals surface area (Å²) in [5, 5.41) is 15.1. The Morgan fingerprint density at radius 1 is 1.05 bits per heavy atom. The van der Waals surface area contributed by atoms with Gasteiger partial charge in [0.25, 0.3) is 0 Å². The Balaban J connectivity index is 0.00000121. The van der Waals surface area contributed by atoms with Gasteiger partial charge in [0.05, 0.1) is 12.5 Å². The van der Waals surface area contributed by atoms with E-state index < -0.39 is 0 Å². The van der Waals surface area contributed by atoms with Crippen molar-refractivity contribution in [2.75, 3.05) is 26.2 Å². The van der Waals surface area contributed by atoms with Crippen molar-refractivity contribution in [3.8, 4) is 6.07 Å². The van der Waals surface area contributed by atoms with Gasteiger partial charge in [0, 0.05) is 32.2 Å². The van der Waals surface area contributed by atoms with E-state index in [2.05, 4.69) is 58.8 Å². The third kappa shape index (κ3) is 3.91. The number of fused-ring (bicyclic) bond motifs is 1. The molecule has 1 saturated heterocycles. The van der Waals surface area contributed by atoms with Gasteiger partial charge in [-0.3, -0.25) is 4.90 Å². The molecular weight excluding hydrogens is 317 g/mol. The van der Waals surface area contributed by atoms with Crippen molar-refractivity contribution in [2.24, 2.45) is 0 Å². The van der Waals surface area contributed by atoms with Gasteiger partial charge >= 0.3 is 0 Å². The highest BCUT2D eigenvalue weighted by molar-refractivity contribution is 5.86. The van der Waals surface area contributed by atoms with E-state index in [9.17, 15) is 5.26 Å². The predicted octanol–water partition coefficient (Wildman–Crippen LogP) is 3.54. The van der Waals surface area contributed by atoms with E-state index in [1.165, 1.54) is 16.3 Å². The average Bonchev–Trinajstić information content (AvgIpc) is 2.53. The van der Waals surface area contributed by atoms with Gasteiger partial charge < -0.3 is 5.32 Å². The molecule has 1 aliphatic rings. The van der Waals surface area contributed by atoms with E-state index >= 15 is 0 Å². The zero-order valence-electron chi connectivity index (χ0n) is 12.4. The predicted molar refractivity (Wildman–Crippen MR) is 95.9 cm³/mol. The highest BCUT2D eigenvalue weighted by Crippen LogP contribution is 2.30. The molecule has 0 radical (unpaired) electrons. The van der Waals surface area contributed by atoms with E-state index in [-0.39, 0.29) is 30.9 Å². The van der Waals surface area contributed by atoms with Gasteiger partial charge in [-0.25, -0.2) is 0 Å². The standard InChI is InChI=1S/C17H19N3.2ClH/c18-9-8-17(20-12-10-19-11-13-20)16-7-3-5-14-4-1-2-6-15(14)16;;/h1-7,17,19H,8,10-13H2;2*1H/t17-;;/m0../s1. The first kappa shape index (κ1) is 18.7. The monoisotopic (exact) mass is 337 g/mol. The Hall–Kier alpha value is -1.31. The van der Waals surface area contributed by atoms with Crippen LogP contribution in [-0.2, 0) is 0 Å². The van der Waals surface area contributed by atoms with Crippen molar-refractivity contribution in [2.45, 2.75) is 12.5 Å². The third-order valence-electron chi connectivity index (χ3n) is 4.06. The van der Waals surface area contributed by atoms with Gasteiger partial charge in [-0.15, -0.1) is 24.8 Å². The summed E-state index contributed by atoms with van der Waals surface area (Å²) in [6.45, 7) is 4.03. The molecule has 0 spiro atoms. The normalized spacial score (nSPS) is 16.1. The minimum absolute atomic E-state index is 0. The fourth-order valence-corrected chi connectivity index (χ4v) is 3.06. The third-order valence-corrected chi connectivity index (χ3v) is 4.06. The molecule has 1 heterocycles. The number of halogens is 2. The number of nitrogens with one attached hydrogen (secondary N) is 1. The van der Waals surface area contributed by atoms with Crippen molar-refractivity contribution in [1.82, 2.24) is 10.2 Å². The summed E-state index contributed by atoms with van der Waals surface area (Å²) in [5.74, 6) is 0. The molecule has 3 rings (SSSR count). The van der Waals surface area contributed by atoms with Gasteiger partial charge in [-0.1, -0.05) is 42.5 Å². The first-order valence-electron chi connectivity index (χ1n) is 7.19. The highest BCUT2D eigenvalue weighted by atomic mass is 35.5. The molecule has 3 nitrogen and oxygen atoms in total. The van der Waals surface area contributed by atoms with Crippen molar-refractivity contribution in [1.29, 1.82) is 5.26 Å². The molecule has 0 unspecified atom stereocenters. The Kier molecular flexibility index (Phi) is 7.64. The van der Waals surface area contributed by atoms with Crippen molar-refractivity contribution in [3.63, 3.8) is 0 Å². The molecule has 0 aliphatic carbocycles. The van der Waals surface area contributed by atoms with Crippen LogP contribution in [0, 0.1) is 11.3 Å². The van der Waals surface area contributed by atoms with E-state index in [4.69, 9.17) is 0 Å². The van der Waals surface area contributed by atoms with Crippen molar-refractivity contribution < 1.29 is 0 Å². The maximum absolute atomic E-state index is 9.21. The SMILES string of the molecule is Cl.Cl.N#CC[C@@H](c1cccc2ccccc12)N1CCNCC1. The zero-order valence-corrected chi connectivity index (χ0v) is 14.0. The van der Waals surface area contributed by atoms with Gasteiger partial charge in [0.2, 0.25) is 0 Å². The smallest absolute Gasteiger partial charge is 0.0641 e. The Bertz CT molecular complexity index is 628. The lowest BCUT2D eigenvalue weighted by molar-refractivity contribution is 0.176. The molecule has 0 saturated carbocycles. The number of rotatable bonds is 3. The van der Waals surface area contributed by atoms with Crippen LogP contribution < -0.4 is 5.32 Å². The zero-order chi connectivity index (χ0) is 13.8. The molecule has 1 atom stereocenters. The number of nitrogens with zero attached hydrogens (tertiary/aromatic N) is 2. The lowest BCUT2D eigenvalue weighted by Gasteiger charge is -2.34. The van der Waals surface area contributed by atoms with Crippen LogP contribution in [0.3, 0.4) is 0 Å². The second-order valence-electron chi connectivity index (χ2n) is 5.23. The van der Waals surface area contributed by atoms with Crippen LogP contribution in [0.4, 0.5) is 0 Å². The minimum Gasteiger partial charge on any atom is -0.314 e. The van der Waals surface area contributed by atoms with Gasteiger partial charge in [-0.05, 0) is 16.3 Å². The summed E-state index contributed by atoms with van der Waals surface area (Å²) < 4.78 is 0. The molecule has 2 aromatic carbocycles. The number of benzene rings is 2. The number of nitriles is 1. The van der Waals surface area contributed by atoms with Gasteiger partial charge in [-0.2, -0.15) is 5.26 Å². The summed E-state index contributed by atoms with van der Waals surface area (Å²) in [7, 11) is 0. The molecular formula is C17H21Cl2N3. The number of piperazine rings is 1. The summed E-state index contributed by atoms with van der Waals surface area (Å²) >= 11 is 0.